The molecule has 0 unspecified atom stereocenters. The van der Waals surface area contributed by atoms with Crippen LogP contribution >= 0.6 is 0 Å². The standard InChI is InChI=1S/C18H21NO5/c1-21-14-5-4-6-15(11-14)24-8-7-19-18(20)13-9-16(22-2)12-17(10-13)23-3/h4-6,9-12H,7-8H2,1-3H3,(H,19,20). The minimum Gasteiger partial charge on any atom is -0.497 e. The first kappa shape index (κ1) is 17.5. The number of hydrogen-bond donors (Lipinski definition) is 1. The second-order valence-corrected chi connectivity index (χ2v) is 4.88. The van der Waals surface area contributed by atoms with Gasteiger partial charge in [-0.1, -0.05) is 6.07 Å². The molecule has 0 spiro atoms. The third kappa shape index (κ3) is 4.81. The largest absolute Gasteiger partial charge is 0.497 e. The van der Waals surface area contributed by atoms with Crippen molar-refractivity contribution in [3.05, 3.63) is 48.0 Å². The zero-order chi connectivity index (χ0) is 17.4. The topological polar surface area (TPSA) is 66.0 Å². The second kappa shape index (κ2) is 8.67. The van der Waals surface area contributed by atoms with Gasteiger partial charge >= 0.3 is 0 Å². The molecule has 0 saturated carbocycles. The van der Waals surface area contributed by atoms with Crippen molar-refractivity contribution in [1.82, 2.24) is 5.32 Å². The summed E-state index contributed by atoms with van der Waals surface area (Å²) >= 11 is 0. The highest BCUT2D eigenvalue weighted by atomic mass is 16.5. The molecule has 2 rings (SSSR count). The minimum absolute atomic E-state index is 0.221. The van der Waals surface area contributed by atoms with Crippen LogP contribution in [-0.2, 0) is 0 Å². The maximum Gasteiger partial charge on any atom is 0.251 e. The Kier molecular flexibility index (Phi) is 6.31. The summed E-state index contributed by atoms with van der Waals surface area (Å²) in [5, 5.41) is 2.79. The van der Waals surface area contributed by atoms with Gasteiger partial charge in [0, 0.05) is 17.7 Å². The van der Waals surface area contributed by atoms with E-state index in [0.29, 0.717) is 36.0 Å². The van der Waals surface area contributed by atoms with Crippen LogP contribution in [0.25, 0.3) is 0 Å². The van der Waals surface area contributed by atoms with E-state index in [0.717, 1.165) is 5.75 Å². The van der Waals surface area contributed by atoms with E-state index >= 15 is 0 Å². The maximum absolute atomic E-state index is 12.2. The molecule has 6 heteroatoms. The van der Waals surface area contributed by atoms with E-state index in [2.05, 4.69) is 5.32 Å². The van der Waals surface area contributed by atoms with Gasteiger partial charge in [0.2, 0.25) is 0 Å². The van der Waals surface area contributed by atoms with Crippen molar-refractivity contribution in [2.75, 3.05) is 34.5 Å². The molecule has 1 amide bonds. The number of carbonyl (C=O) groups is 1. The van der Waals surface area contributed by atoms with E-state index in [-0.39, 0.29) is 5.91 Å². The Morgan fingerprint density at radius 2 is 1.46 bits per heavy atom. The Labute approximate surface area is 141 Å². The first-order chi connectivity index (χ1) is 11.7. The monoisotopic (exact) mass is 331 g/mol. The number of nitrogens with one attached hydrogen (secondary N) is 1. The van der Waals surface area contributed by atoms with Gasteiger partial charge in [0.15, 0.2) is 0 Å². The molecule has 0 aliphatic heterocycles. The van der Waals surface area contributed by atoms with Gasteiger partial charge in [-0.3, -0.25) is 4.79 Å². The number of hydrogen-bond acceptors (Lipinski definition) is 5. The molecule has 0 atom stereocenters. The summed E-state index contributed by atoms with van der Waals surface area (Å²) in [5.74, 6) is 2.31. The van der Waals surface area contributed by atoms with Gasteiger partial charge < -0.3 is 24.3 Å². The van der Waals surface area contributed by atoms with Gasteiger partial charge in [0.05, 0.1) is 27.9 Å². The molecule has 0 heterocycles. The molecule has 2 aromatic carbocycles. The third-order valence-electron chi connectivity index (χ3n) is 3.31. The first-order valence-corrected chi connectivity index (χ1v) is 7.44. The van der Waals surface area contributed by atoms with Gasteiger partial charge in [-0.25, -0.2) is 0 Å². The number of ether oxygens (including phenoxy) is 4. The Morgan fingerprint density at radius 1 is 0.875 bits per heavy atom. The molecule has 2 aromatic rings. The van der Waals surface area contributed by atoms with Gasteiger partial charge in [-0.15, -0.1) is 0 Å². The molecule has 0 aliphatic carbocycles. The summed E-state index contributed by atoms with van der Waals surface area (Å²) in [7, 11) is 4.68. The number of methoxy groups -OCH3 is 3. The number of carbonyl (C=O) groups excluding carboxylic acids is 1. The lowest BCUT2D eigenvalue weighted by Gasteiger charge is -2.10. The molecule has 1 N–H and O–H groups in total. The predicted octanol–water partition coefficient (Wildman–Crippen LogP) is 2.52. The average molecular weight is 331 g/mol. The fourth-order valence-corrected chi connectivity index (χ4v) is 2.07. The smallest absolute Gasteiger partial charge is 0.251 e. The highest BCUT2D eigenvalue weighted by molar-refractivity contribution is 5.95. The van der Waals surface area contributed by atoms with E-state index in [4.69, 9.17) is 18.9 Å². The molecule has 0 aromatic heterocycles. The van der Waals surface area contributed by atoms with E-state index in [1.54, 1.807) is 45.6 Å². The van der Waals surface area contributed by atoms with Crippen molar-refractivity contribution in [1.29, 1.82) is 0 Å². The fraction of sp³-hybridized carbons (Fsp3) is 0.278. The molecule has 0 radical (unpaired) electrons. The molecule has 0 bridgehead atoms. The lowest BCUT2D eigenvalue weighted by molar-refractivity contribution is 0.0946. The zero-order valence-corrected chi connectivity index (χ0v) is 14.0. The SMILES string of the molecule is COc1cccc(OCCNC(=O)c2cc(OC)cc(OC)c2)c1. The van der Waals surface area contributed by atoms with Crippen molar-refractivity contribution >= 4 is 5.91 Å². The van der Waals surface area contributed by atoms with Crippen LogP contribution in [0.2, 0.25) is 0 Å². The number of amides is 1. The molecule has 0 fully saturated rings. The molecule has 24 heavy (non-hydrogen) atoms. The van der Waals surface area contributed by atoms with Crippen LogP contribution in [-0.4, -0.2) is 40.4 Å². The van der Waals surface area contributed by atoms with Crippen molar-refractivity contribution in [2.45, 2.75) is 0 Å². The van der Waals surface area contributed by atoms with Gasteiger partial charge in [0.1, 0.15) is 29.6 Å². The molecule has 0 aliphatic rings. The lowest BCUT2D eigenvalue weighted by atomic mass is 10.2. The zero-order valence-electron chi connectivity index (χ0n) is 14.0. The van der Waals surface area contributed by atoms with Crippen LogP contribution in [0.5, 0.6) is 23.0 Å². The van der Waals surface area contributed by atoms with Crippen LogP contribution in [0.15, 0.2) is 42.5 Å². The van der Waals surface area contributed by atoms with Crippen molar-refractivity contribution in [2.24, 2.45) is 0 Å². The Balaban J connectivity index is 1.86. The molecule has 0 saturated heterocycles. The van der Waals surface area contributed by atoms with E-state index in [1.807, 2.05) is 18.2 Å². The van der Waals surface area contributed by atoms with Crippen LogP contribution in [0.1, 0.15) is 10.4 Å². The van der Waals surface area contributed by atoms with E-state index in [9.17, 15) is 4.79 Å². The summed E-state index contributed by atoms with van der Waals surface area (Å²) in [5.41, 5.74) is 0.465. The maximum atomic E-state index is 12.2. The Hall–Kier alpha value is -2.89. The summed E-state index contributed by atoms with van der Waals surface area (Å²) in [4.78, 5) is 12.2. The van der Waals surface area contributed by atoms with Crippen molar-refractivity contribution < 1.29 is 23.7 Å². The quantitative estimate of drug-likeness (QED) is 0.753. The molecule has 6 nitrogen and oxygen atoms in total. The fourth-order valence-electron chi connectivity index (χ4n) is 2.07. The van der Waals surface area contributed by atoms with E-state index < -0.39 is 0 Å². The first-order valence-electron chi connectivity index (χ1n) is 7.44. The van der Waals surface area contributed by atoms with Gasteiger partial charge in [0.25, 0.3) is 5.91 Å². The summed E-state index contributed by atoms with van der Waals surface area (Å²) < 4.78 is 21.0. The van der Waals surface area contributed by atoms with Crippen molar-refractivity contribution in [3.63, 3.8) is 0 Å². The van der Waals surface area contributed by atoms with Crippen LogP contribution < -0.4 is 24.3 Å². The average Bonchev–Trinajstić information content (AvgIpc) is 2.64. The predicted molar refractivity (Wildman–Crippen MR) is 90.4 cm³/mol. The molecule has 128 valence electrons. The van der Waals surface area contributed by atoms with Crippen LogP contribution in [0, 0.1) is 0 Å². The van der Waals surface area contributed by atoms with Crippen LogP contribution in [0.3, 0.4) is 0 Å². The molecular weight excluding hydrogens is 310 g/mol. The minimum atomic E-state index is -0.221. The second-order valence-electron chi connectivity index (χ2n) is 4.88. The summed E-state index contributed by atoms with van der Waals surface area (Å²) in [6.45, 7) is 0.718. The lowest BCUT2D eigenvalue weighted by Crippen LogP contribution is -2.28. The normalized spacial score (nSPS) is 9.96. The third-order valence-corrected chi connectivity index (χ3v) is 3.31. The van der Waals surface area contributed by atoms with Gasteiger partial charge in [-0.2, -0.15) is 0 Å². The highest BCUT2D eigenvalue weighted by Crippen LogP contribution is 2.22. The molecular formula is C18H21NO5. The summed E-state index contributed by atoms with van der Waals surface area (Å²) in [6, 6.07) is 12.3. The number of rotatable bonds is 8. The van der Waals surface area contributed by atoms with Crippen LogP contribution in [0.4, 0.5) is 0 Å². The van der Waals surface area contributed by atoms with Crippen molar-refractivity contribution in [3.8, 4) is 23.0 Å². The Bertz CT molecular complexity index is 665. The van der Waals surface area contributed by atoms with Gasteiger partial charge in [-0.05, 0) is 24.3 Å². The van der Waals surface area contributed by atoms with E-state index in [1.165, 1.54) is 0 Å². The summed E-state index contributed by atoms with van der Waals surface area (Å²) in [6.07, 6.45) is 0. The highest BCUT2D eigenvalue weighted by Gasteiger charge is 2.09. The number of benzene rings is 2. The Morgan fingerprint density at radius 3 is 2.08 bits per heavy atom.